The monoisotopic (exact) mass is 221 g/mol. The van der Waals surface area contributed by atoms with Crippen molar-refractivity contribution in [1.82, 2.24) is 5.43 Å². The summed E-state index contributed by atoms with van der Waals surface area (Å²) in [6.45, 7) is 5.46. The molecule has 16 heavy (non-hydrogen) atoms. The molecule has 3 N–H and O–H groups in total. The summed E-state index contributed by atoms with van der Waals surface area (Å²) in [5.41, 5.74) is 3.54. The highest BCUT2D eigenvalue weighted by molar-refractivity contribution is 5.98. The molecule has 0 aliphatic rings. The summed E-state index contributed by atoms with van der Waals surface area (Å²) in [6, 6.07) is 7.75. The van der Waals surface area contributed by atoms with Crippen LogP contribution in [0.3, 0.4) is 0 Å². The molecular formula is C12H19N3O. The van der Waals surface area contributed by atoms with Crippen LogP contribution in [0.2, 0.25) is 0 Å². The zero-order chi connectivity index (χ0) is 11.8. The van der Waals surface area contributed by atoms with Crippen LogP contribution < -0.4 is 16.0 Å². The first-order chi connectivity index (χ1) is 7.81. The Labute approximate surface area is 96.5 Å². The third-order valence-corrected chi connectivity index (χ3v) is 2.03. The van der Waals surface area contributed by atoms with Gasteiger partial charge in [-0.2, -0.15) is 0 Å². The molecule has 0 radical (unpaired) electrons. The molecule has 0 unspecified atom stereocenters. The van der Waals surface area contributed by atoms with Crippen LogP contribution in [0.4, 0.5) is 0 Å². The molecule has 0 fully saturated rings. The normalized spacial score (nSPS) is 11.3. The van der Waals surface area contributed by atoms with Gasteiger partial charge in [-0.3, -0.25) is 4.99 Å². The predicted molar refractivity (Wildman–Crippen MR) is 66.6 cm³/mol. The van der Waals surface area contributed by atoms with Gasteiger partial charge in [-0.1, -0.05) is 19.1 Å². The number of ether oxygens (including phenoxy) is 1. The van der Waals surface area contributed by atoms with Gasteiger partial charge in [0.2, 0.25) is 0 Å². The largest absolute Gasteiger partial charge is 0.494 e. The lowest BCUT2D eigenvalue weighted by Crippen LogP contribution is -2.31. The molecule has 0 atom stereocenters. The molecule has 0 aromatic heterocycles. The van der Waals surface area contributed by atoms with Crippen molar-refractivity contribution in [1.29, 1.82) is 0 Å². The van der Waals surface area contributed by atoms with E-state index in [2.05, 4.69) is 17.3 Å². The van der Waals surface area contributed by atoms with Gasteiger partial charge < -0.3 is 10.2 Å². The topological polar surface area (TPSA) is 59.6 Å². The SMILES string of the molecule is CCCOc1cccc(C(=NCC)NN)c1. The molecule has 4 nitrogen and oxygen atoms in total. The second kappa shape index (κ2) is 6.85. The van der Waals surface area contributed by atoms with Crippen LogP contribution in [0.1, 0.15) is 25.8 Å². The van der Waals surface area contributed by atoms with Crippen molar-refractivity contribution in [2.45, 2.75) is 20.3 Å². The predicted octanol–water partition coefficient (Wildman–Crippen LogP) is 1.71. The summed E-state index contributed by atoms with van der Waals surface area (Å²) >= 11 is 0. The number of nitrogens with one attached hydrogen (secondary N) is 1. The standard InChI is InChI=1S/C12H19N3O/c1-3-8-16-11-7-5-6-10(9-11)12(15-13)14-4-2/h5-7,9H,3-4,8,13H2,1-2H3,(H,14,15). The van der Waals surface area contributed by atoms with Gasteiger partial charge in [0.25, 0.3) is 0 Å². The molecule has 0 saturated carbocycles. The van der Waals surface area contributed by atoms with E-state index in [1.165, 1.54) is 0 Å². The lowest BCUT2D eigenvalue weighted by atomic mass is 10.2. The summed E-state index contributed by atoms with van der Waals surface area (Å²) < 4.78 is 5.55. The van der Waals surface area contributed by atoms with E-state index >= 15 is 0 Å². The number of amidine groups is 1. The Morgan fingerprint density at radius 3 is 2.88 bits per heavy atom. The summed E-state index contributed by atoms with van der Waals surface area (Å²) in [7, 11) is 0. The Morgan fingerprint density at radius 1 is 1.44 bits per heavy atom. The van der Waals surface area contributed by atoms with Crippen LogP contribution in [0.5, 0.6) is 5.75 Å². The van der Waals surface area contributed by atoms with E-state index in [-0.39, 0.29) is 0 Å². The highest BCUT2D eigenvalue weighted by Crippen LogP contribution is 2.13. The van der Waals surface area contributed by atoms with Crippen LogP contribution in [0, 0.1) is 0 Å². The van der Waals surface area contributed by atoms with Crippen molar-refractivity contribution in [3.05, 3.63) is 29.8 Å². The molecular weight excluding hydrogens is 202 g/mol. The highest BCUT2D eigenvalue weighted by Gasteiger charge is 2.02. The first-order valence-electron chi connectivity index (χ1n) is 5.56. The van der Waals surface area contributed by atoms with E-state index in [0.29, 0.717) is 12.4 Å². The van der Waals surface area contributed by atoms with Crippen molar-refractivity contribution in [2.75, 3.05) is 13.2 Å². The zero-order valence-corrected chi connectivity index (χ0v) is 9.86. The summed E-state index contributed by atoms with van der Waals surface area (Å²) in [6.07, 6.45) is 0.995. The van der Waals surface area contributed by atoms with Gasteiger partial charge in [-0.25, -0.2) is 5.84 Å². The summed E-state index contributed by atoms with van der Waals surface area (Å²) in [4.78, 5) is 4.26. The van der Waals surface area contributed by atoms with Crippen LogP contribution in [-0.4, -0.2) is 19.0 Å². The highest BCUT2D eigenvalue weighted by atomic mass is 16.5. The Balaban J connectivity index is 2.84. The van der Waals surface area contributed by atoms with Crippen molar-refractivity contribution < 1.29 is 4.74 Å². The minimum atomic E-state index is 0.685. The fraction of sp³-hybridized carbons (Fsp3) is 0.417. The second-order valence-electron chi connectivity index (χ2n) is 3.34. The lowest BCUT2D eigenvalue weighted by molar-refractivity contribution is 0.317. The number of benzene rings is 1. The van der Waals surface area contributed by atoms with Gasteiger partial charge in [0, 0.05) is 12.1 Å². The van der Waals surface area contributed by atoms with Gasteiger partial charge in [0.1, 0.15) is 11.6 Å². The molecule has 0 spiro atoms. The number of rotatable bonds is 5. The van der Waals surface area contributed by atoms with Crippen molar-refractivity contribution in [3.63, 3.8) is 0 Å². The number of hydrazine groups is 1. The summed E-state index contributed by atoms with van der Waals surface area (Å²) in [5.74, 6) is 6.95. The Hall–Kier alpha value is -1.55. The van der Waals surface area contributed by atoms with Crippen molar-refractivity contribution in [2.24, 2.45) is 10.8 Å². The first-order valence-corrected chi connectivity index (χ1v) is 5.56. The maximum atomic E-state index is 5.55. The third-order valence-electron chi connectivity index (χ3n) is 2.03. The van der Waals surface area contributed by atoms with Crippen LogP contribution in [0.25, 0.3) is 0 Å². The molecule has 0 heterocycles. The molecule has 0 amide bonds. The first kappa shape index (κ1) is 12.5. The maximum Gasteiger partial charge on any atom is 0.142 e. The van der Waals surface area contributed by atoms with Gasteiger partial charge in [0.15, 0.2) is 0 Å². The van der Waals surface area contributed by atoms with Crippen LogP contribution in [0.15, 0.2) is 29.3 Å². The maximum absolute atomic E-state index is 5.55. The number of hydrogen-bond acceptors (Lipinski definition) is 3. The van der Waals surface area contributed by atoms with Gasteiger partial charge in [-0.15, -0.1) is 0 Å². The molecule has 4 heteroatoms. The number of nitrogens with zero attached hydrogens (tertiary/aromatic N) is 1. The van der Waals surface area contributed by atoms with E-state index in [4.69, 9.17) is 10.6 Å². The van der Waals surface area contributed by atoms with E-state index in [0.717, 1.165) is 24.3 Å². The van der Waals surface area contributed by atoms with Gasteiger partial charge in [-0.05, 0) is 25.5 Å². The van der Waals surface area contributed by atoms with E-state index in [9.17, 15) is 0 Å². The Bertz CT molecular complexity index is 350. The van der Waals surface area contributed by atoms with E-state index in [1.54, 1.807) is 0 Å². The van der Waals surface area contributed by atoms with Crippen molar-refractivity contribution >= 4 is 5.84 Å². The van der Waals surface area contributed by atoms with Crippen LogP contribution in [-0.2, 0) is 0 Å². The van der Waals surface area contributed by atoms with Crippen LogP contribution >= 0.6 is 0 Å². The minimum absolute atomic E-state index is 0.685. The second-order valence-corrected chi connectivity index (χ2v) is 3.34. The Kier molecular flexibility index (Phi) is 5.36. The number of hydrogen-bond donors (Lipinski definition) is 2. The smallest absolute Gasteiger partial charge is 0.142 e. The molecule has 0 aliphatic carbocycles. The van der Waals surface area contributed by atoms with Crippen molar-refractivity contribution in [3.8, 4) is 5.75 Å². The molecule has 0 bridgehead atoms. The zero-order valence-electron chi connectivity index (χ0n) is 9.86. The molecule has 88 valence electrons. The summed E-state index contributed by atoms with van der Waals surface area (Å²) in [5, 5.41) is 0. The van der Waals surface area contributed by atoms with E-state index < -0.39 is 0 Å². The van der Waals surface area contributed by atoms with Gasteiger partial charge in [0.05, 0.1) is 6.61 Å². The number of nitrogens with two attached hydrogens (primary N) is 1. The fourth-order valence-electron chi connectivity index (χ4n) is 1.33. The average Bonchev–Trinajstić information content (AvgIpc) is 2.33. The molecule has 1 aromatic rings. The Morgan fingerprint density at radius 2 is 2.25 bits per heavy atom. The molecule has 0 saturated heterocycles. The molecule has 1 rings (SSSR count). The average molecular weight is 221 g/mol. The third kappa shape index (κ3) is 3.55. The van der Waals surface area contributed by atoms with Gasteiger partial charge >= 0.3 is 0 Å². The lowest BCUT2D eigenvalue weighted by Gasteiger charge is -2.08. The number of aliphatic imine (C=N–C) groups is 1. The van der Waals surface area contributed by atoms with E-state index in [1.807, 2.05) is 31.2 Å². The quantitative estimate of drug-likeness (QED) is 0.344. The minimum Gasteiger partial charge on any atom is -0.494 e. The fourth-order valence-corrected chi connectivity index (χ4v) is 1.33. The molecule has 1 aromatic carbocycles. The molecule has 0 aliphatic heterocycles.